The van der Waals surface area contributed by atoms with E-state index in [-0.39, 0.29) is 12.4 Å². The summed E-state index contributed by atoms with van der Waals surface area (Å²) in [6.07, 6.45) is 4.78. The van der Waals surface area contributed by atoms with Crippen molar-refractivity contribution in [1.82, 2.24) is 10.6 Å². The van der Waals surface area contributed by atoms with Gasteiger partial charge in [0, 0.05) is 6.54 Å². The number of nitrogens with zero attached hydrogens (tertiary/aromatic N) is 1. The van der Waals surface area contributed by atoms with E-state index in [0.29, 0.717) is 24.2 Å². The van der Waals surface area contributed by atoms with Crippen LogP contribution in [0.15, 0.2) is 23.2 Å². The third-order valence-corrected chi connectivity index (χ3v) is 3.79. The summed E-state index contributed by atoms with van der Waals surface area (Å²) in [5, 5.41) is 6.51. The molecule has 1 saturated carbocycles. The molecule has 110 valence electrons. The van der Waals surface area contributed by atoms with Crippen LogP contribution in [0.2, 0.25) is 0 Å². The first-order valence-corrected chi connectivity index (χ1v) is 6.74. The highest BCUT2D eigenvalue weighted by atomic mass is 35.5. The molecule has 20 heavy (non-hydrogen) atoms. The Labute approximate surface area is 123 Å². The van der Waals surface area contributed by atoms with Crippen LogP contribution >= 0.6 is 12.4 Å². The number of fused-ring (bicyclic) bond motifs is 1. The number of halogens is 3. The Balaban J connectivity index is 0.00000147. The predicted octanol–water partition coefficient (Wildman–Crippen LogP) is 2.75. The fraction of sp³-hybridized carbons (Fsp3) is 0.500. The first kappa shape index (κ1) is 15.0. The fourth-order valence-electron chi connectivity index (χ4n) is 2.74. The van der Waals surface area contributed by atoms with Crippen LogP contribution < -0.4 is 10.6 Å². The summed E-state index contributed by atoms with van der Waals surface area (Å²) in [4.78, 5) is 4.59. The van der Waals surface area contributed by atoms with E-state index in [2.05, 4.69) is 15.6 Å². The number of hydrogen-bond acceptors (Lipinski definition) is 3. The third-order valence-electron chi connectivity index (χ3n) is 3.79. The SMILES string of the molecule is Cl.Fc1ccc(CNC2=N[C@@H]3CCCC[C@@H]3N2)cc1F. The van der Waals surface area contributed by atoms with Gasteiger partial charge in [0.15, 0.2) is 17.6 Å². The average Bonchev–Trinajstić information content (AvgIpc) is 2.83. The van der Waals surface area contributed by atoms with Gasteiger partial charge in [0.25, 0.3) is 0 Å². The maximum absolute atomic E-state index is 13.1. The zero-order valence-electron chi connectivity index (χ0n) is 11.0. The van der Waals surface area contributed by atoms with Crippen LogP contribution in [0.5, 0.6) is 0 Å². The normalized spacial score (nSPS) is 24.2. The molecule has 0 spiro atoms. The Morgan fingerprint density at radius 1 is 1.20 bits per heavy atom. The van der Waals surface area contributed by atoms with Gasteiger partial charge in [0.05, 0.1) is 12.1 Å². The van der Waals surface area contributed by atoms with Gasteiger partial charge in [-0.15, -0.1) is 12.4 Å². The first-order chi connectivity index (χ1) is 9.22. The van der Waals surface area contributed by atoms with Crippen LogP contribution in [0.3, 0.4) is 0 Å². The second-order valence-corrected chi connectivity index (χ2v) is 5.18. The summed E-state index contributed by atoms with van der Waals surface area (Å²) in [5.41, 5.74) is 0.707. The Morgan fingerprint density at radius 2 is 2.00 bits per heavy atom. The smallest absolute Gasteiger partial charge is 0.192 e. The summed E-state index contributed by atoms with van der Waals surface area (Å²) >= 11 is 0. The van der Waals surface area contributed by atoms with E-state index >= 15 is 0 Å². The first-order valence-electron chi connectivity index (χ1n) is 6.74. The molecule has 1 heterocycles. The highest BCUT2D eigenvalue weighted by Gasteiger charge is 2.30. The molecule has 1 aliphatic heterocycles. The van der Waals surface area contributed by atoms with Gasteiger partial charge in [0.2, 0.25) is 0 Å². The van der Waals surface area contributed by atoms with Crippen molar-refractivity contribution in [3.63, 3.8) is 0 Å². The van der Waals surface area contributed by atoms with Crippen molar-refractivity contribution in [2.75, 3.05) is 0 Å². The lowest BCUT2D eigenvalue weighted by atomic mass is 9.92. The maximum atomic E-state index is 13.1. The summed E-state index contributed by atoms with van der Waals surface area (Å²) in [6, 6.07) is 4.76. The Bertz CT molecular complexity index is 507. The molecule has 2 N–H and O–H groups in total. The van der Waals surface area contributed by atoms with Crippen molar-refractivity contribution in [3.05, 3.63) is 35.4 Å². The zero-order chi connectivity index (χ0) is 13.2. The van der Waals surface area contributed by atoms with Gasteiger partial charge in [-0.05, 0) is 30.5 Å². The molecule has 0 radical (unpaired) electrons. The van der Waals surface area contributed by atoms with Crippen LogP contribution in [0.25, 0.3) is 0 Å². The van der Waals surface area contributed by atoms with Crippen LogP contribution in [0, 0.1) is 11.6 Å². The van der Waals surface area contributed by atoms with Gasteiger partial charge >= 0.3 is 0 Å². The van der Waals surface area contributed by atoms with E-state index in [4.69, 9.17) is 0 Å². The molecule has 0 saturated heterocycles. The van der Waals surface area contributed by atoms with Crippen LogP contribution in [-0.2, 0) is 6.54 Å². The molecule has 2 atom stereocenters. The van der Waals surface area contributed by atoms with Crippen LogP contribution in [0.4, 0.5) is 8.78 Å². The Morgan fingerprint density at radius 3 is 2.75 bits per heavy atom. The van der Waals surface area contributed by atoms with Crippen molar-refractivity contribution in [3.8, 4) is 0 Å². The van der Waals surface area contributed by atoms with E-state index in [1.54, 1.807) is 6.07 Å². The van der Waals surface area contributed by atoms with E-state index in [1.807, 2.05) is 0 Å². The molecule has 2 aliphatic rings. The lowest BCUT2D eigenvalue weighted by Crippen LogP contribution is -2.41. The topological polar surface area (TPSA) is 36.4 Å². The zero-order valence-corrected chi connectivity index (χ0v) is 11.9. The number of guanidine groups is 1. The summed E-state index contributed by atoms with van der Waals surface area (Å²) in [7, 11) is 0. The molecule has 1 aromatic carbocycles. The quantitative estimate of drug-likeness (QED) is 0.881. The summed E-state index contributed by atoms with van der Waals surface area (Å²) in [5.74, 6) is -0.845. The van der Waals surface area contributed by atoms with Crippen molar-refractivity contribution in [2.45, 2.75) is 44.3 Å². The lowest BCUT2D eigenvalue weighted by Gasteiger charge is -2.23. The van der Waals surface area contributed by atoms with Gasteiger partial charge in [-0.25, -0.2) is 13.8 Å². The van der Waals surface area contributed by atoms with Crippen molar-refractivity contribution >= 4 is 18.4 Å². The number of hydrogen-bond donors (Lipinski definition) is 2. The van der Waals surface area contributed by atoms with Gasteiger partial charge < -0.3 is 10.6 Å². The van der Waals surface area contributed by atoms with Gasteiger partial charge in [-0.1, -0.05) is 18.9 Å². The molecule has 3 nitrogen and oxygen atoms in total. The highest BCUT2D eigenvalue weighted by Crippen LogP contribution is 2.24. The monoisotopic (exact) mass is 301 g/mol. The maximum Gasteiger partial charge on any atom is 0.192 e. The molecular formula is C14H18ClF2N3. The summed E-state index contributed by atoms with van der Waals surface area (Å²) < 4.78 is 25.9. The van der Waals surface area contributed by atoms with Crippen LogP contribution in [-0.4, -0.2) is 18.0 Å². The second kappa shape index (κ2) is 6.39. The molecule has 1 aromatic rings. The molecular weight excluding hydrogens is 284 g/mol. The average molecular weight is 302 g/mol. The van der Waals surface area contributed by atoms with Crippen molar-refractivity contribution < 1.29 is 8.78 Å². The molecule has 1 aliphatic carbocycles. The molecule has 0 bridgehead atoms. The van der Waals surface area contributed by atoms with E-state index in [9.17, 15) is 8.78 Å². The number of rotatable bonds is 2. The molecule has 1 fully saturated rings. The standard InChI is InChI=1S/C14H17F2N3.ClH/c15-10-6-5-9(7-11(10)16)8-17-14-18-12-3-1-2-4-13(12)19-14;/h5-7,12-13H,1-4,8H2,(H2,17,18,19);1H/t12-,13+;. The minimum absolute atomic E-state index is 0. The molecule has 0 aromatic heterocycles. The van der Waals surface area contributed by atoms with Crippen molar-refractivity contribution in [1.29, 1.82) is 0 Å². The van der Waals surface area contributed by atoms with Gasteiger partial charge in [-0.2, -0.15) is 0 Å². The number of aliphatic imine (C=N–C) groups is 1. The van der Waals surface area contributed by atoms with E-state index < -0.39 is 11.6 Å². The van der Waals surface area contributed by atoms with Crippen molar-refractivity contribution in [2.24, 2.45) is 4.99 Å². The summed E-state index contributed by atoms with van der Waals surface area (Å²) in [6.45, 7) is 0.447. The molecule has 6 heteroatoms. The predicted molar refractivity (Wildman–Crippen MR) is 77.1 cm³/mol. The lowest BCUT2D eigenvalue weighted by molar-refractivity contribution is 0.384. The minimum atomic E-state index is -0.814. The number of benzene rings is 1. The fourth-order valence-corrected chi connectivity index (χ4v) is 2.74. The molecule has 0 unspecified atom stereocenters. The Kier molecular flexibility index (Phi) is 4.81. The molecule has 3 rings (SSSR count). The van der Waals surface area contributed by atoms with E-state index in [0.717, 1.165) is 24.9 Å². The minimum Gasteiger partial charge on any atom is -0.352 e. The number of nitrogens with one attached hydrogen (secondary N) is 2. The van der Waals surface area contributed by atoms with Gasteiger partial charge in [-0.3, -0.25) is 0 Å². The Hall–Kier alpha value is -1.36. The van der Waals surface area contributed by atoms with Crippen LogP contribution in [0.1, 0.15) is 31.2 Å². The third kappa shape index (κ3) is 3.20. The second-order valence-electron chi connectivity index (χ2n) is 5.18. The highest BCUT2D eigenvalue weighted by molar-refractivity contribution is 5.85. The van der Waals surface area contributed by atoms with E-state index in [1.165, 1.54) is 18.9 Å². The van der Waals surface area contributed by atoms with Gasteiger partial charge in [0.1, 0.15) is 0 Å². The largest absolute Gasteiger partial charge is 0.352 e. The molecule has 0 amide bonds.